The smallest absolute Gasteiger partial charge is 0.251 e. The summed E-state index contributed by atoms with van der Waals surface area (Å²) in [5.74, 6) is 0.187. The van der Waals surface area contributed by atoms with Crippen molar-refractivity contribution >= 4 is 15.7 Å². The minimum atomic E-state index is -2.96. The maximum absolute atomic E-state index is 11.5. The predicted octanol–water partition coefficient (Wildman–Crippen LogP) is 0.959. The summed E-state index contributed by atoms with van der Waals surface area (Å²) in [6.45, 7) is 4.08. The fraction of sp³-hybridized carbons (Fsp3) is 0.500. The molecule has 0 aliphatic rings. The number of hydrogen-bond donors (Lipinski definition) is 2. The van der Waals surface area contributed by atoms with E-state index in [0.29, 0.717) is 12.1 Å². The molecule has 0 heterocycles. The maximum atomic E-state index is 11.5. The van der Waals surface area contributed by atoms with Crippen LogP contribution < -0.4 is 10.6 Å². The summed E-state index contributed by atoms with van der Waals surface area (Å²) in [5, 5.41) is 5.73. The van der Waals surface area contributed by atoms with Crippen molar-refractivity contribution in [2.45, 2.75) is 26.4 Å². The average molecular weight is 298 g/mol. The van der Waals surface area contributed by atoms with Crippen LogP contribution in [0.5, 0.6) is 0 Å². The second-order valence-corrected chi connectivity index (χ2v) is 7.15. The van der Waals surface area contributed by atoms with Crippen molar-refractivity contribution < 1.29 is 13.2 Å². The third-order valence-corrected chi connectivity index (χ3v) is 4.93. The fourth-order valence-corrected chi connectivity index (χ4v) is 2.88. The molecule has 1 amide bonds. The van der Waals surface area contributed by atoms with E-state index in [2.05, 4.69) is 10.6 Å². The maximum Gasteiger partial charge on any atom is 0.251 e. The molecule has 1 rings (SSSR count). The summed E-state index contributed by atoms with van der Waals surface area (Å²) in [5.41, 5.74) is 1.62. The number of amides is 1. The molecule has 20 heavy (non-hydrogen) atoms. The van der Waals surface area contributed by atoms with Gasteiger partial charge in [0.25, 0.3) is 5.91 Å². The molecule has 0 saturated carbocycles. The lowest BCUT2D eigenvalue weighted by molar-refractivity contribution is 0.0963. The molecule has 0 aliphatic carbocycles. The van der Waals surface area contributed by atoms with Crippen LogP contribution >= 0.6 is 0 Å². The van der Waals surface area contributed by atoms with Crippen LogP contribution in [0, 0.1) is 0 Å². The summed E-state index contributed by atoms with van der Waals surface area (Å²) in [6, 6.07) is 7.13. The van der Waals surface area contributed by atoms with Gasteiger partial charge in [0.2, 0.25) is 0 Å². The van der Waals surface area contributed by atoms with Gasteiger partial charge in [-0.1, -0.05) is 19.1 Å². The van der Waals surface area contributed by atoms with Gasteiger partial charge in [0, 0.05) is 31.0 Å². The van der Waals surface area contributed by atoms with Crippen molar-refractivity contribution in [1.29, 1.82) is 0 Å². The molecule has 1 aromatic rings. The lowest BCUT2D eigenvalue weighted by atomic mass is 10.1. The van der Waals surface area contributed by atoms with Gasteiger partial charge in [-0.3, -0.25) is 4.79 Å². The Bertz CT molecular complexity index is 538. The van der Waals surface area contributed by atoms with Crippen LogP contribution in [0.3, 0.4) is 0 Å². The van der Waals surface area contributed by atoms with Gasteiger partial charge in [0.15, 0.2) is 9.84 Å². The van der Waals surface area contributed by atoms with Crippen molar-refractivity contribution in [3.8, 4) is 0 Å². The molecule has 0 aromatic heterocycles. The number of rotatable bonds is 7. The minimum absolute atomic E-state index is 0.0985. The van der Waals surface area contributed by atoms with E-state index in [0.717, 1.165) is 5.56 Å². The highest BCUT2D eigenvalue weighted by Gasteiger charge is 2.13. The molecule has 0 bridgehead atoms. The highest BCUT2D eigenvalue weighted by atomic mass is 32.2. The van der Waals surface area contributed by atoms with E-state index in [1.54, 1.807) is 26.1 Å². The molecule has 6 heteroatoms. The number of nitrogens with one attached hydrogen (secondary N) is 2. The topological polar surface area (TPSA) is 75.3 Å². The molecule has 1 atom stereocenters. The van der Waals surface area contributed by atoms with Crippen LogP contribution in [0.1, 0.15) is 29.8 Å². The number of carbonyl (C=O) groups is 1. The second-order valence-electron chi connectivity index (χ2n) is 4.76. The summed E-state index contributed by atoms with van der Waals surface area (Å²) >= 11 is 0. The summed E-state index contributed by atoms with van der Waals surface area (Å²) in [4.78, 5) is 11.4. The third-order valence-electron chi connectivity index (χ3n) is 3.04. The average Bonchev–Trinajstić information content (AvgIpc) is 2.44. The van der Waals surface area contributed by atoms with Crippen molar-refractivity contribution in [3.05, 3.63) is 35.4 Å². The van der Waals surface area contributed by atoms with Gasteiger partial charge in [-0.15, -0.1) is 0 Å². The van der Waals surface area contributed by atoms with E-state index in [4.69, 9.17) is 0 Å². The van der Waals surface area contributed by atoms with E-state index in [1.165, 1.54) is 0 Å². The van der Waals surface area contributed by atoms with E-state index < -0.39 is 9.84 Å². The van der Waals surface area contributed by atoms with Gasteiger partial charge in [0.1, 0.15) is 0 Å². The quantitative estimate of drug-likeness (QED) is 0.786. The zero-order valence-electron chi connectivity index (χ0n) is 12.1. The monoisotopic (exact) mass is 298 g/mol. The molecule has 1 unspecified atom stereocenters. The Kier molecular flexibility index (Phi) is 6.16. The number of hydrogen-bond acceptors (Lipinski definition) is 4. The van der Waals surface area contributed by atoms with Gasteiger partial charge < -0.3 is 10.6 Å². The molecule has 0 aliphatic heterocycles. The van der Waals surface area contributed by atoms with Crippen LogP contribution in [0.4, 0.5) is 0 Å². The van der Waals surface area contributed by atoms with Crippen molar-refractivity contribution in [3.63, 3.8) is 0 Å². The van der Waals surface area contributed by atoms with Gasteiger partial charge in [-0.2, -0.15) is 0 Å². The summed E-state index contributed by atoms with van der Waals surface area (Å²) < 4.78 is 23.0. The van der Waals surface area contributed by atoms with Gasteiger partial charge in [0.05, 0.1) is 5.75 Å². The highest BCUT2D eigenvalue weighted by molar-refractivity contribution is 7.91. The zero-order valence-corrected chi connectivity index (χ0v) is 13.0. The first-order chi connectivity index (χ1) is 9.38. The number of benzene rings is 1. The molecule has 0 radical (unpaired) electrons. The molecule has 0 fully saturated rings. The van der Waals surface area contributed by atoms with Crippen LogP contribution in [0.25, 0.3) is 0 Å². The molecule has 1 aromatic carbocycles. The Morgan fingerprint density at radius 2 is 1.85 bits per heavy atom. The lowest BCUT2D eigenvalue weighted by Gasteiger charge is -2.13. The minimum Gasteiger partial charge on any atom is -0.355 e. The Hall–Kier alpha value is -1.40. The van der Waals surface area contributed by atoms with Crippen molar-refractivity contribution in [2.75, 3.05) is 18.6 Å². The molecular weight excluding hydrogens is 276 g/mol. The Morgan fingerprint density at radius 3 is 2.35 bits per heavy atom. The van der Waals surface area contributed by atoms with Crippen LogP contribution in [-0.4, -0.2) is 38.9 Å². The van der Waals surface area contributed by atoms with E-state index in [-0.39, 0.29) is 23.5 Å². The summed E-state index contributed by atoms with van der Waals surface area (Å²) in [7, 11) is -1.37. The molecule has 112 valence electrons. The molecule has 2 N–H and O–H groups in total. The lowest BCUT2D eigenvalue weighted by Crippen LogP contribution is -2.33. The summed E-state index contributed by atoms with van der Waals surface area (Å²) in [6.07, 6.45) is 0. The third kappa shape index (κ3) is 5.30. The molecule has 5 nitrogen and oxygen atoms in total. The largest absolute Gasteiger partial charge is 0.355 e. The zero-order chi connectivity index (χ0) is 15.2. The normalized spacial score (nSPS) is 12.9. The Balaban J connectivity index is 2.52. The van der Waals surface area contributed by atoms with Crippen molar-refractivity contribution in [2.24, 2.45) is 0 Å². The number of carbonyl (C=O) groups excluding carboxylic acids is 1. The van der Waals surface area contributed by atoms with Crippen LogP contribution in [0.15, 0.2) is 24.3 Å². The highest BCUT2D eigenvalue weighted by Crippen LogP contribution is 2.05. The SMILES string of the molecule is CCS(=O)(=O)CC(C)NCc1ccc(C(=O)NC)cc1. The molecular formula is C14H22N2O3S. The number of sulfone groups is 1. The molecule has 0 spiro atoms. The second kappa shape index (κ2) is 7.40. The predicted molar refractivity (Wildman–Crippen MR) is 80.5 cm³/mol. The first-order valence-corrected chi connectivity index (χ1v) is 8.45. The Labute approximate surface area is 120 Å². The van der Waals surface area contributed by atoms with Crippen LogP contribution in [0.2, 0.25) is 0 Å². The fourth-order valence-electron chi connectivity index (χ4n) is 1.77. The van der Waals surface area contributed by atoms with Crippen LogP contribution in [-0.2, 0) is 16.4 Å². The van der Waals surface area contributed by atoms with Crippen molar-refractivity contribution in [1.82, 2.24) is 10.6 Å². The van der Waals surface area contributed by atoms with E-state index >= 15 is 0 Å². The van der Waals surface area contributed by atoms with E-state index in [1.807, 2.05) is 19.1 Å². The van der Waals surface area contributed by atoms with Gasteiger partial charge >= 0.3 is 0 Å². The standard InChI is InChI=1S/C14H22N2O3S/c1-4-20(18,19)10-11(2)16-9-12-5-7-13(8-6-12)14(17)15-3/h5-8,11,16H,4,9-10H2,1-3H3,(H,15,17). The van der Waals surface area contributed by atoms with Gasteiger partial charge in [-0.05, 0) is 24.6 Å². The van der Waals surface area contributed by atoms with Gasteiger partial charge in [-0.25, -0.2) is 8.42 Å². The van der Waals surface area contributed by atoms with E-state index in [9.17, 15) is 13.2 Å². The molecule has 0 saturated heterocycles. The Morgan fingerprint density at radius 1 is 1.25 bits per heavy atom. The first-order valence-electron chi connectivity index (χ1n) is 6.62. The first kappa shape index (κ1) is 16.7.